The van der Waals surface area contributed by atoms with Crippen molar-refractivity contribution in [2.45, 2.75) is 20.0 Å². The van der Waals surface area contributed by atoms with Crippen LogP contribution in [-0.4, -0.2) is 23.7 Å². The van der Waals surface area contributed by atoms with E-state index < -0.39 is 18.7 Å². The number of hydrogen-bond acceptors (Lipinski definition) is 4. The maximum absolute atomic E-state index is 12.5. The number of thiazole rings is 1. The number of alkyl halides is 3. The maximum atomic E-state index is 12.5. The van der Waals surface area contributed by atoms with Crippen LogP contribution in [0.5, 0.6) is 5.75 Å². The number of nitrogens with zero attached hydrogens (tertiary/aromatic N) is 1. The van der Waals surface area contributed by atoms with E-state index in [1.807, 2.05) is 12.3 Å². The lowest BCUT2D eigenvalue weighted by Gasteiger charge is -2.14. The molecule has 1 amide bonds. The van der Waals surface area contributed by atoms with Gasteiger partial charge in [0.25, 0.3) is 5.91 Å². The summed E-state index contributed by atoms with van der Waals surface area (Å²) in [4.78, 5) is 16.9. The van der Waals surface area contributed by atoms with Crippen LogP contribution in [0.2, 0.25) is 0 Å². The standard InChI is InChI=1S/C20H17F3N2O2S/c1-12-3-8-16(17(9-12)27-11-20(21,22)23)25-18(26)14-4-6-15(7-5-14)19-24-13(2)10-28-19/h3-10H,11H2,1-2H3,(H,25,26). The van der Waals surface area contributed by atoms with Crippen molar-refractivity contribution < 1.29 is 22.7 Å². The number of rotatable bonds is 5. The number of amides is 1. The molecule has 0 fully saturated rings. The van der Waals surface area contributed by atoms with E-state index in [0.29, 0.717) is 5.56 Å². The average molecular weight is 406 g/mol. The summed E-state index contributed by atoms with van der Waals surface area (Å²) in [5.74, 6) is -0.469. The van der Waals surface area contributed by atoms with Crippen LogP contribution in [0.15, 0.2) is 47.8 Å². The molecule has 0 spiro atoms. The molecule has 1 N–H and O–H groups in total. The summed E-state index contributed by atoms with van der Waals surface area (Å²) in [7, 11) is 0. The molecule has 0 aliphatic carbocycles. The molecule has 0 saturated carbocycles. The Balaban J connectivity index is 1.75. The van der Waals surface area contributed by atoms with Crippen molar-refractivity contribution in [3.8, 4) is 16.3 Å². The molecular weight excluding hydrogens is 389 g/mol. The second-order valence-corrected chi connectivity index (χ2v) is 7.09. The van der Waals surface area contributed by atoms with Gasteiger partial charge in [-0.05, 0) is 43.7 Å². The van der Waals surface area contributed by atoms with Gasteiger partial charge in [0.2, 0.25) is 0 Å². The Morgan fingerprint density at radius 3 is 2.46 bits per heavy atom. The highest BCUT2D eigenvalue weighted by Crippen LogP contribution is 2.29. The van der Waals surface area contributed by atoms with E-state index in [1.54, 1.807) is 37.3 Å². The molecule has 28 heavy (non-hydrogen) atoms. The Hall–Kier alpha value is -2.87. The van der Waals surface area contributed by atoms with Crippen molar-refractivity contribution in [3.63, 3.8) is 0 Å². The third-order valence-electron chi connectivity index (χ3n) is 3.79. The summed E-state index contributed by atoms with van der Waals surface area (Å²) in [6.45, 7) is 2.20. The number of ether oxygens (including phenoxy) is 1. The molecule has 3 rings (SSSR count). The number of carbonyl (C=O) groups is 1. The van der Waals surface area contributed by atoms with Crippen molar-refractivity contribution >= 4 is 22.9 Å². The van der Waals surface area contributed by atoms with E-state index in [-0.39, 0.29) is 11.4 Å². The SMILES string of the molecule is Cc1ccc(NC(=O)c2ccc(-c3nc(C)cs3)cc2)c(OCC(F)(F)F)c1. The van der Waals surface area contributed by atoms with Crippen LogP contribution in [-0.2, 0) is 0 Å². The quantitative estimate of drug-likeness (QED) is 0.598. The number of benzene rings is 2. The lowest BCUT2D eigenvalue weighted by Crippen LogP contribution is -2.20. The van der Waals surface area contributed by atoms with Gasteiger partial charge < -0.3 is 10.1 Å². The normalized spacial score (nSPS) is 11.3. The van der Waals surface area contributed by atoms with E-state index in [9.17, 15) is 18.0 Å². The molecular formula is C20H17F3N2O2S. The van der Waals surface area contributed by atoms with E-state index >= 15 is 0 Å². The number of aryl methyl sites for hydroxylation is 2. The summed E-state index contributed by atoms with van der Waals surface area (Å²) >= 11 is 1.51. The summed E-state index contributed by atoms with van der Waals surface area (Å²) in [5, 5.41) is 5.40. The van der Waals surface area contributed by atoms with E-state index in [1.165, 1.54) is 23.5 Å². The van der Waals surface area contributed by atoms with Gasteiger partial charge in [-0.25, -0.2) is 4.98 Å². The molecule has 0 atom stereocenters. The van der Waals surface area contributed by atoms with Crippen molar-refractivity contribution in [3.05, 3.63) is 64.7 Å². The Morgan fingerprint density at radius 2 is 1.86 bits per heavy atom. The molecule has 1 aromatic heterocycles. The molecule has 0 aliphatic heterocycles. The van der Waals surface area contributed by atoms with Crippen LogP contribution in [0.4, 0.5) is 18.9 Å². The summed E-state index contributed by atoms with van der Waals surface area (Å²) in [6, 6.07) is 11.5. The van der Waals surface area contributed by atoms with E-state index in [0.717, 1.165) is 21.8 Å². The molecule has 1 heterocycles. The van der Waals surface area contributed by atoms with E-state index in [2.05, 4.69) is 10.3 Å². The predicted molar refractivity (Wildman–Crippen MR) is 103 cm³/mol. The second-order valence-electron chi connectivity index (χ2n) is 6.23. The van der Waals surface area contributed by atoms with Crippen LogP contribution in [0.1, 0.15) is 21.6 Å². The molecule has 0 radical (unpaired) electrons. The van der Waals surface area contributed by atoms with Crippen molar-refractivity contribution in [1.82, 2.24) is 4.98 Å². The number of anilines is 1. The van der Waals surface area contributed by atoms with Gasteiger partial charge >= 0.3 is 6.18 Å². The highest BCUT2D eigenvalue weighted by atomic mass is 32.1. The molecule has 0 bridgehead atoms. The average Bonchev–Trinajstić information content (AvgIpc) is 3.07. The minimum Gasteiger partial charge on any atom is -0.482 e. The number of halogens is 3. The largest absolute Gasteiger partial charge is 0.482 e. The molecule has 146 valence electrons. The van der Waals surface area contributed by atoms with Crippen molar-refractivity contribution in [2.24, 2.45) is 0 Å². The van der Waals surface area contributed by atoms with Crippen LogP contribution in [0.25, 0.3) is 10.6 Å². The van der Waals surface area contributed by atoms with E-state index in [4.69, 9.17) is 4.74 Å². The molecule has 2 aromatic carbocycles. The fourth-order valence-corrected chi connectivity index (χ4v) is 3.26. The lowest BCUT2D eigenvalue weighted by atomic mass is 10.1. The first-order valence-electron chi connectivity index (χ1n) is 8.35. The van der Waals surface area contributed by atoms with Gasteiger partial charge in [0.15, 0.2) is 6.61 Å². The number of nitrogens with one attached hydrogen (secondary N) is 1. The maximum Gasteiger partial charge on any atom is 0.422 e. The Bertz CT molecular complexity index is 982. The summed E-state index contributed by atoms with van der Waals surface area (Å²) < 4.78 is 42.2. The molecule has 0 aliphatic rings. The van der Waals surface area contributed by atoms with Gasteiger partial charge in [0, 0.05) is 22.2 Å². The Kier molecular flexibility index (Phi) is 5.69. The minimum atomic E-state index is -4.46. The predicted octanol–water partition coefficient (Wildman–Crippen LogP) is 5.62. The first kappa shape index (κ1) is 19.9. The molecule has 8 heteroatoms. The highest BCUT2D eigenvalue weighted by molar-refractivity contribution is 7.13. The van der Waals surface area contributed by atoms with Gasteiger partial charge in [-0.2, -0.15) is 13.2 Å². The zero-order chi connectivity index (χ0) is 20.3. The Morgan fingerprint density at radius 1 is 1.14 bits per heavy atom. The zero-order valence-electron chi connectivity index (χ0n) is 15.1. The first-order chi connectivity index (χ1) is 13.2. The van der Waals surface area contributed by atoms with Gasteiger partial charge in [-0.15, -0.1) is 11.3 Å². The topological polar surface area (TPSA) is 51.2 Å². The second kappa shape index (κ2) is 8.02. The molecule has 0 saturated heterocycles. The fourth-order valence-electron chi connectivity index (χ4n) is 2.46. The number of hydrogen-bond donors (Lipinski definition) is 1. The third-order valence-corrected chi connectivity index (χ3v) is 4.80. The van der Waals surface area contributed by atoms with Gasteiger partial charge in [-0.3, -0.25) is 4.79 Å². The van der Waals surface area contributed by atoms with Crippen LogP contribution < -0.4 is 10.1 Å². The van der Waals surface area contributed by atoms with Crippen LogP contribution in [0, 0.1) is 13.8 Å². The number of carbonyl (C=O) groups excluding carboxylic acids is 1. The monoisotopic (exact) mass is 406 g/mol. The third kappa shape index (κ3) is 5.10. The fraction of sp³-hybridized carbons (Fsp3) is 0.200. The summed E-state index contributed by atoms with van der Waals surface area (Å²) in [6.07, 6.45) is -4.46. The molecule has 3 aromatic rings. The highest BCUT2D eigenvalue weighted by Gasteiger charge is 2.29. The van der Waals surface area contributed by atoms with Gasteiger partial charge in [-0.1, -0.05) is 18.2 Å². The lowest BCUT2D eigenvalue weighted by molar-refractivity contribution is -0.153. The van der Waals surface area contributed by atoms with Gasteiger partial charge in [0.1, 0.15) is 10.8 Å². The molecule has 4 nitrogen and oxygen atoms in total. The number of aromatic nitrogens is 1. The zero-order valence-corrected chi connectivity index (χ0v) is 15.9. The molecule has 0 unspecified atom stereocenters. The van der Waals surface area contributed by atoms with Crippen LogP contribution in [0.3, 0.4) is 0 Å². The smallest absolute Gasteiger partial charge is 0.422 e. The minimum absolute atomic E-state index is 0.0273. The Labute approximate surface area is 164 Å². The van der Waals surface area contributed by atoms with Gasteiger partial charge in [0.05, 0.1) is 5.69 Å². The summed E-state index contributed by atoms with van der Waals surface area (Å²) in [5.41, 5.74) is 3.09. The first-order valence-corrected chi connectivity index (χ1v) is 9.23. The van der Waals surface area contributed by atoms with Crippen molar-refractivity contribution in [2.75, 3.05) is 11.9 Å². The van der Waals surface area contributed by atoms with Crippen LogP contribution >= 0.6 is 11.3 Å². The van der Waals surface area contributed by atoms with Crippen molar-refractivity contribution in [1.29, 1.82) is 0 Å².